The summed E-state index contributed by atoms with van der Waals surface area (Å²) in [6.45, 7) is 1.84. The smallest absolute Gasteiger partial charge is 0.250 e. The minimum Gasteiger partial charge on any atom is -0.366 e. The first-order valence-corrected chi connectivity index (χ1v) is 5.92. The Morgan fingerprint density at radius 2 is 2.11 bits per heavy atom. The molecule has 18 heavy (non-hydrogen) atoms. The summed E-state index contributed by atoms with van der Waals surface area (Å²) in [6.07, 6.45) is 0.950. The molecule has 0 aliphatic carbocycles. The van der Waals surface area contributed by atoms with Crippen molar-refractivity contribution in [3.05, 3.63) is 28.8 Å². The van der Waals surface area contributed by atoms with E-state index in [0.29, 0.717) is 18.5 Å². The number of nitrogens with two attached hydrogens (primary N) is 2. The lowest BCUT2D eigenvalue weighted by molar-refractivity contribution is -0.116. The normalized spacial score (nSPS) is 11.9. The maximum absolute atomic E-state index is 11.5. The standard InChI is InChI=1S/C12H16ClN3O2/c1-7(14)2-5-11(17)16-8-3-4-9(12(15)18)10(13)6-8/h3-4,6-7H,2,5,14H2,1H3,(H2,15,18)(H,16,17). The molecule has 1 rings (SSSR count). The van der Waals surface area contributed by atoms with E-state index >= 15 is 0 Å². The zero-order chi connectivity index (χ0) is 13.7. The summed E-state index contributed by atoms with van der Waals surface area (Å²) in [7, 11) is 0. The molecule has 2 amide bonds. The van der Waals surface area contributed by atoms with Gasteiger partial charge in [0.1, 0.15) is 0 Å². The fraction of sp³-hybridized carbons (Fsp3) is 0.333. The summed E-state index contributed by atoms with van der Waals surface area (Å²) < 4.78 is 0. The number of amides is 2. The Bertz CT molecular complexity index is 461. The molecule has 98 valence electrons. The molecular formula is C12H16ClN3O2. The van der Waals surface area contributed by atoms with Gasteiger partial charge in [-0.15, -0.1) is 0 Å². The molecule has 0 aromatic heterocycles. The first-order chi connectivity index (χ1) is 8.40. The molecule has 0 saturated heterocycles. The van der Waals surface area contributed by atoms with E-state index in [1.165, 1.54) is 12.1 Å². The van der Waals surface area contributed by atoms with Crippen molar-refractivity contribution in [2.24, 2.45) is 11.5 Å². The van der Waals surface area contributed by atoms with Gasteiger partial charge in [-0.1, -0.05) is 11.6 Å². The summed E-state index contributed by atoms with van der Waals surface area (Å²) in [5.74, 6) is -0.745. The van der Waals surface area contributed by atoms with E-state index in [2.05, 4.69) is 5.32 Å². The fourth-order valence-electron chi connectivity index (χ4n) is 1.37. The molecule has 5 N–H and O–H groups in total. The van der Waals surface area contributed by atoms with Gasteiger partial charge in [-0.25, -0.2) is 0 Å². The maximum Gasteiger partial charge on any atom is 0.250 e. The highest BCUT2D eigenvalue weighted by atomic mass is 35.5. The molecule has 0 spiro atoms. The summed E-state index contributed by atoms with van der Waals surface area (Å²) in [5, 5.41) is 2.89. The lowest BCUT2D eigenvalue weighted by atomic mass is 10.1. The van der Waals surface area contributed by atoms with Crippen molar-refractivity contribution in [3.8, 4) is 0 Å². The summed E-state index contributed by atoms with van der Waals surface area (Å²) in [5.41, 5.74) is 11.4. The van der Waals surface area contributed by atoms with Crippen molar-refractivity contribution in [1.82, 2.24) is 0 Å². The molecule has 1 unspecified atom stereocenters. The number of nitrogens with one attached hydrogen (secondary N) is 1. The van der Waals surface area contributed by atoms with Crippen molar-refractivity contribution >= 4 is 29.1 Å². The molecule has 1 aromatic rings. The number of primary amides is 1. The highest BCUT2D eigenvalue weighted by Gasteiger charge is 2.09. The lowest BCUT2D eigenvalue weighted by Crippen LogP contribution is -2.19. The van der Waals surface area contributed by atoms with Crippen LogP contribution >= 0.6 is 11.6 Å². The lowest BCUT2D eigenvalue weighted by Gasteiger charge is -2.08. The predicted molar refractivity (Wildman–Crippen MR) is 71.5 cm³/mol. The summed E-state index contributed by atoms with van der Waals surface area (Å²) in [4.78, 5) is 22.5. The number of anilines is 1. The van der Waals surface area contributed by atoms with Crippen LogP contribution in [0, 0.1) is 0 Å². The van der Waals surface area contributed by atoms with Gasteiger partial charge in [0, 0.05) is 18.2 Å². The van der Waals surface area contributed by atoms with Crippen LogP contribution < -0.4 is 16.8 Å². The molecule has 0 bridgehead atoms. The Morgan fingerprint density at radius 1 is 1.44 bits per heavy atom. The van der Waals surface area contributed by atoms with E-state index in [0.717, 1.165) is 0 Å². The van der Waals surface area contributed by atoms with E-state index in [9.17, 15) is 9.59 Å². The Morgan fingerprint density at radius 3 is 2.61 bits per heavy atom. The van der Waals surface area contributed by atoms with Crippen LogP contribution in [-0.4, -0.2) is 17.9 Å². The molecule has 0 radical (unpaired) electrons. The quantitative estimate of drug-likeness (QED) is 0.755. The van der Waals surface area contributed by atoms with Crippen LogP contribution in [0.3, 0.4) is 0 Å². The second kappa shape index (κ2) is 6.37. The average Bonchev–Trinajstić information content (AvgIpc) is 2.26. The van der Waals surface area contributed by atoms with Crippen LogP contribution in [0.2, 0.25) is 5.02 Å². The largest absolute Gasteiger partial charge is 0.366 e. The zero-order valence-corrected chi connectivity index (χ0v) is 10.8. The Labute approximate surface area is 110 Å². The van der Waals surface area contributed by atoms with Crippen molar-refractivity contribution in [1.29, 1.82) is 0 Å². The van der Waals surface area contributed by atoms with E-state index in [-0.39, 0.29) is 22.5 Å². The van der Waals surface area contributed by atoms with Gasteiger partial charge in [0.25, 0.3) is 0 Å². The van der Waals surface area contributed by atoms with Gasteiger partial charge in [-0.2, -0.15) is 0 Å². The van der Waals surface area contributed by atoms with E-state index in [1.807, 2.05) is 6.92 Å². The molecule has 5 nitrogen and oxygen atoms in total. The Kier molecular flexibility index (Phi) is 5.12. The van der Waals surface area contributed by atoms with Crippen molar-refractivity contribution in [3.63, 3.8) is 0 Å². The van der Waals surface area contributed by atoms with Crippen LogP contribution in [0.25, 0.3) is 0 Å². The van der Waals surface area contributed by atoms with Crippen LogP contribution in [-0.2, 0) is 4.79 Å². The molecule has 0 aliphatic rings. The maximum atomic E-state index is 11.5. The van der Waals surface area contributed by atoms with Crippen LogP contribution in [0.4, 0.5) is 5.69 Å². The van der Waals surface area contributed by atoms with Crippen molar-refractivity contribution in [2.75, 3.05) is 5.32 Å². The molecular weight excluding hydrogens is 254 g/mol. The Balaban J connectivity index is 2.66. The molecule has 0 saturated carbocycles. The van der Waals surface area contributed by atoms with Gasteiger partial charge in [0.15, 0.2) is 0 Å². The Hall–Kier alpha value is -1.59. The number of carbonyl (C=O) groups excluding carboxylic acids is 2. The minimum absolute atomic E-state index is 0.0171. The second-order valence-electron chi connectivity index (χ2n) is 4.12. The molecule has 0 heterocycles. The number of benzene rings is 1. The summed E-state index contributed by atoms with van der Waals surface area (Å²) in [6, 6.07) is 4.53. The first-order valence-electron chi connectivity index (χ1n) is 5.55. The van der Waals surface area contributed by atoms with E-state index in [4.69, 9.17) is 23.1 Å². The van der Waals surface area contributed by atoms with Gasteiger partial charge >= 0.3 is 0 Å². The number of carbonyl (C=O) groups is 2. The van der Waals surface area contributed by atoms with E-state index in [1.54, 1.807) is 6.07 Å². The molecule has 1 aromatic carbocycles. The predicted octanol–water partition coefficient (Wildman–Crippen LogP) is 1.50. The van der Waals surface area contributed by atoms with E-state index < -0.39 is 5.91 Å². The topological polar surface area (TPSA) is 98.2 Å². The van der Waals surface area contributed by atoms with Gasteiger partial charge in [0.05, 0.1) is 10.6 Å². The molecule has 0 aliphatic heterocycles. The second-order valence-corrected chi connectivity index (χ2v) is 4.53. The molecule has 1 atom stereocenters. The van der Waals surface area contributed by atoms with Crippen LogP contribution in [0.1, 0.15) is 30.1 Å². The highest BCUT2D eigenvalue weighted by molar-refractivity contribution is 6.34. The van der Waals surface area contributed by atoms with Gasteiger partial charge in [0.2, 0.25) is 11.8 Å². The van der Waals surface area contributed by atoms with Crippen LogP contribution in [0.5, 0.6) is 0 Å². The number of hydrogen-bond acceptors (Lipinski definition) is 3. The van der Waals surface area contributed by atoms with Gasteiger partial charge in [-0.05, 0) is 31.5 Å². The van der Waals surface area contributed by atoms with Gasteiger partial charge in [-0.3, -0.25) is 9.59 Å². The summed E-state index contributed by atoms with van der Waals surface area (Å²) >= 11 is 5.86. The number of halogens is 1. The van der Waals surface area contributed by atoms with Crippen molar-refractivity contribution in [2.45, 2.75) is 25.8 Å². The van der Waals surface area contributed by atoms with Gasteiger partial charge < -0.3 is 16.8 Å². The van der Waals surface area contributed by atoms with Crippen LogP contribution in [0.15, 0.2) is 18.2 Å². The third-order valence-corrected chi connectivity index (χ3v) is 2.66. The fourth-order valence-corrected chi connectivity index (χ4v) is 1.65. The average molecular weight is 270 g/mol. The van der Waals surface area contributed by atoms with Crippen molar-refractivity contribution < 1.29 is 9.59 Å². The highest BCUT2D eigenvalue weighted by Crippen LogP contribution is 2.20. The SMILES string of the molecule is CC(N)CCC(=O)Nc1ccc(C(N)=O)c(Cl)c1. The number of hydrogen-bond donors (Lipinski definition) is 3. The number of rotatable bonds is 5. The minimum atomic E-state index is -0.602. The third kappa shape index (κ3) is 4.35. The third-order valence-electron chi connectivity index (χ3n) is 2.35. The zero-order valence-electron chi connectivity index (χ0n) is 10.1. The monoisotopic (exact) mass is 269 g/mol. The molecule has 0 fully saturated rings. The first kappa shape index (κ1) is 14.5. The molecule has 6 heteroatoms.